The number of fused-ring (bicyclic) bond motifs is 1. The third-order valence-electron chi connectivity index (χ3n) is 2.72. The Labute approximate surface area is 101 Å². The van der Waals surface area contributed by atoms with E-state index >= 15 is 0 Å². The van der Waals surface area contributed by atoms with E-state index in [0.717, 1.165) is 34.7 Å². The van der Waals surface area contributed by atoms with Gasteiger partial charge in [0.25, 0.3) is 0 Å². The smallest absolute Gasteiger partial charge is 0.342 e. The Hall–Kier alpha value is -0.820. The summed E-state index contributed by atoms with van der Waals surface area (Å²) in [6.45, 7) is -0.978. The first-order valence-corrected chi connectivity index (χ1v) is 6.21. The quantitative estimate of drug-likeness (QED) is 0.893. The van der Waals surface area contributed by atoms with E-state index in [1.807, 2.05) is 0 Å². The van der Waals surface area contributed by atoms with Gasteiger partial charge in [-0.1, -0.05) is 0 Å². The molecule has 0 bridgehead atoms. The van der Waals surface area contributed by atoms with Crippen LogP contribution in [0.5, 0.6) is 0 Å². The van der Waals surface area contributed by atoms with Crippen LogP contribution in [0.1, 0.15) is 29.5 Å². The Balaban J connectivity index is 2.17. The van der Waals surface area contributed by atoms with E-state index in [9.17, 15) is 13.2 Å². The molecular weight excluding hydrogens is 251 g/mol. The van der Waals surface area contributed by atoms with Crippen LogP contribution in [0.15, 0.2) is 0 Å². The van der Waals surface area contributed by atoms with E-state index in [0.29, 0.717) is 5.13 Å². The zero-order chi connectivity index (χ0) is 12.6. The van der Waals surface area contributed by atoms with Crippen molar-refractivity contribution in [3.8, 4) is 0 Å². The molecule has 2 rings (SSSR count). The molecule has 0 amide bonds. The third-order valence-corrected chi connectivity index (χ3v) is 4.07. The maximum Gasteiger partial charge on any atom is 0.405 e. The molecule has 0 aromatic carbocycles. The molecule has 17 heavy (non-hydrogen) atoms. The minimum absolute atomic E-state index is 0.0655. The van der Waals surface area contributed by atoms with Crippen molar-refractivity contribution in [1.82, 2.24) is 4.98 Å². The summed E-state index contributed by atoms with van der Waals surface area (Å²) in [6.07, 6.45) is -1.54. The summed E-state index contributed by atoms with van der Waals surface area (Å²) in [5.41, 5.74) is 6.79. The molecule has 1 aliphatic carbocycles. The lowest BCUT2D eigenvalue weighted by molar-refractivity contribution is -0.119. The number of alkyl halides is 3. The molecule has 0 saturated carbocycles. The molecule has 1 atom stereocenters. The van der Waals surface area contributed by atoms with Crippen molar-refractivity contribution in [3.05, 3.63) is 10.6 Å². The molecule has 1 aromatic heterocycles. The van der Waals surface area contributed by atoms with Crippen molar-refractivity contribution in [2.75, 3.05) is 18.5 Å². The van der Waals surface area contributed by atoms with Crippen LogP contribution in [0.2, 0.25) is 0 Å². The second kappa shape index (κ2) is 4.45. The zero-order valence-corrected chi connectivity index (χ0v) is 10.2. The summed E-state index contributed by atoms with van der Waals surface area (Å²) in [7, 11) is 1.41. The minimum atomic E-state index is -4.21. The van der Waals surface area contributed by atoms with E-state index < -0.39 is 12.7 Å². The standard InChI is InChI=1S/C10H14F3N3S/c1-16(5-10(11,12)13)9-15-7-4-2-3-6(14)8(7)17-9/h6H,2-5,14H2,1H3. The van der Waals surface area contributed by atoms with Crippen molar-refractivity contribution in [3.63, 3.8) is 0 Å². The van der Waals surface area contributed by atoms with Gasteiger partial charge in [-0.25, -0.2) is 4.98 Å². The van der Waals surface area contributed by atoms with Crippen LogP contribution in [0.25, 0.3) is 0 Å². The van der Waals surface area contributed by atoms with Gasteiger partial charge in [0.05, 0.1) is 5.69 Å². The van der Waals surface area contributed by atoms with Crippen molar-refractivity contribution < 1.29 is 13.2 Å². The van der Waals surface area contributed by atoms with Crippen molar-refractivity contribution >= 4 is 16.5 Å². The molecule has 1 aromatic rings. The average molecular weight is 265 g/mol. The van der Waals surface area contributed by atoms with Crippen LogP contribution >= 0.6 is 11.3 Å². The van der Waals surface area contributed by atoms with E-state index in [-0.39, 0.29) is 6.04 Å². The summed E-state index contributed by atoms with van der Waals surface area (Å²) in [5, 5.41) is 0.407. The molecular formula is C10H14F3N3S. The van der Waals surface area contributed by atoms with Gasteiger partial charge >= 0.3 is 6.18 Å². The van der Waals surface area contributed by atoms with Crippen molar-refractivity contribution in [2.24, 2.45) is 5.73 Å². The highest BCUT2D eigenvalue weighted by Crippen LogP contribution is 2.36. The maximum absolute atomic E-state index is 12.3. The molecule has 0 radical (unpaired) electrons. The fourth-order valence-corrected chi connectivity index (χ4v) is 3.05. The topological polar surface area (TPSA) is 42.2 Å². The third kappa shape index (κ3) is 2.90. The normalized spacial score (nSPS) is 20.2. The lowest BCUT2D eigenvalue weighted by Crippen LogP contribution is -2.30. The number of nitrogens with zero attached hydrogens (tertiary/aromatic N) is 2. The molecule has 1 aliphatic rings. The van der Waals surface area contributed by atoms with Crippen molar-refractivity contribution in [2.45, 2.75) is 31.5 Å². The molecule has 0 fully saturated rings. The largest absolute Gasteiger partial charge is 0.405 e. The highest BCUT2D eigenvalue weighted by molar-refractivity contribution is 7.15. The minimum Gasteiger partial charge on any atom is -0.342 e. The lowest BCUT2D eigenvalue weighted by atomic mass is 9.99. The number of hydrogen-bond donors (Lipinski definition) is 1. The molecule has 0 saturated heterocycles. The van der Waals surface area contributed by atoms with Gasteiger partial charge in [0.15, 0.2) is 5.13 Å². The molecule has 0 aliphatic heterocycles. The summed E-state index contributed by atoms with van der Waals surface area (Å²) in [4.78, 5) is 6.33. The second-order valence-corrected chi connectivity index (χ2v) is 5.29. The molecule has 7 heteroatoms. The highest BCUT2D eigenvalue weighted by atomic mass is 32.1. The predicted molar refractivity (Wildman–Crippen MR) is 61.3 cm³/mol. The fourth-order valence-electron chi connectivity index (χ4n) is 1.94. The number of halogens is 3. The van der Waals surface area contributed by atoms with E-state index in [1.54, 1.807) is 0 Å². The average Bonchev–Trinajstić information content (AvgIpc) is 2.60. The molecule has 1 unspecified atom stereocenters. The Kier molecular flexibility index (Phi) is 3.31. The van der Waals surface area contributed by atoms with E-state index in [1.165, 1.54) is 18.4 Å². The molecule has 3 nitrogen and oxygen atoms in total. The zero-order valence-electron chi connectivity index (χ0n) is 9.42. The van der Waals surface area contributed by atoms with E-state index in [4.69, 9.17) is 5.73 Å². The van der Waals surface area contributed by atoms with Gasteiger partial charge in [0, 0.05) is 18.0 Å². The molecule has 0 spiro atoms. The van der Waals surface area contributed by atoms with Crippen molar-refractivity contribution in [1.29, 1.82) is 0 Å². The highest BCUT2D eigenvalue weighted by Gasteiger charge is 2.31. The van der Waals surface area contributed by atoms with Gasteiger partial charge in [-0.3, -0.25) is 0 Å². The molecule has 96 valence electrons. The Morgan fingerprint density at radius 1 is 1.53 bits per heavy atom. The van der Waals surface area contributed by atoms with Crippen LogP contribution in [0.4, 0.5) is 18.3 Å². The number of hydrogen-bond acceptors (Lipinski definition) is 4. The summed E-state index contributed by atoms with van der Waals surface area (Å²) < 4.78 is 36.8. The Morgan fingerprint density at radius 3 is 2.82 bits per heavy atom. The summed E-state index contributed by atoms with van der Waals surface area (Å²) in [6, 6.07) is -0.0655. The van der Waals surface area contributed by atoms with Gasteiger partial charge < -0.3 is 10.6 Å². The van der Waals surface area contributed by atoms with Gasteiger partial charge in [-0.05, 0) is 19.3 Å². The van der Waals surface area contributed by atoms with Crippen LogP contribution in [0, 0.1) is 0 Å². The number of aromatic nitrogens is 1. The first-order chi connectivity index (χ1) is 7.87. The first kappa shape index (κ1) is 12.6. The SMILES string of the molecule is CN(CC(F)(F)F)c1nc2c(s1)C(N)CCC2. The van der Waals surface area contributed by atoms with Gasteiger partial charge in [0.1, 0.15) is 6.54 Å². The number of rotatable bonds is 2. The molecule has 2 N–H and O–H groups in total. The monoisotopic (exact) mass is 265 g/mol. The molecule has 1 heterocycles. The van der Waals surface area contributed by atoms with Crippen LogP contribution in [-0.2, 0) is 6.42 Å². The number of aryl methyl sites for hydroxylation is 1. The van der Waals surface area contributed by atoms with Gasteiger partial charge in [-0.15, -0.1) is 11.3 Å². The number of nitrogens with two attached hydrogens (primary N) is 1. The van der Waals surface area contributed by atoms with Crippen LogP contribution in [-0.4, -0.2) is 24.8 Å². The fraction of sp³-hybridized carbons (Fsp3) is 0.700. The van der Waals surface area contributed by atoms with Crippen LogP contribution in [0.3, 0.4) is 0 Å². The van der Waals surface area contributed by atoms with Gasteiger partial charge in [-0.2, -0.15) is 13.2 Å². The second-order valence-electron chi connectivity index (χ2n) is 4.28. The first-order valence-electron chi connectivity index (χ1n) is 5.40. The lowest BCUT2D eigenvalue weighted by Gasteiger charge is -2.17. The predicted octanol–water partition coefficient (Wildman–Crippen LogP) is 2.48. The van der Waals surface area contributed by atoms with Gasteiger partial charge in [0.2, 0.25) is 0 Å². The number of thiazole rings is 1. The Bertz CT molecular complexity index is 402. The summed E-state index contributed by atoms with van der Waals surface area (Å²) in [5.74, 6) is 0. The number of anilines is 1. The Morgan fingerprint density at radius 2 is 2.24 bits per heavy atom. The van der Waals surface area contributed by atoms with E-state index in [2.05, 4.69) is 4.98 Å². The van der Waals surface area contributed by atoms with Crippen LogP contribution < -0.4 is 10.6 Å². The summed E-state index contributed by atoms with van der Waals surface area (Å²) >= 11 is 1.28. The maximum atomic E-state index is 12.3.